The molecule has 0 atom stereocenters. The highest BCUT2D eigenvalue weighted by Gasteiger charge is 2.34. The second kappa shape index (κ2) is 9.15. The molecule has 6 nitrogen and oxygen atoms in total. The molecule has 138 valence electrons. The van der Waals surface area contributed by atoms with Crippen LogP contribution < -0.4 is 10.6 Å². The van der Waals surface area contributed by atoms with Crippen LogP contribution >= 0.6 is 0 Å². The molecular weight excluding hydrogens is 316 g/mol. The molecule has 1 aromatic rings. The van der Waals surface area contributed by atoms with Crippen LogP contribution in [-0.2, 0) is 11.3 Å². The fraction of sp³-hybridized carbons (Fsp3) is 0.684. The maximum Gasteiger partial charge on any atom is 0.315 e. The molecule has 1 aliphatic heterocycles. The van der Waals surface area contributed by atoms with Gasteiger partial charge in [-0.15, -0.1) is 0 Å². The Morgan fingerprint density at radius 2 is 1.96 bits per heavy atom. The van der Waals surface area contributed by atoms with Crippen molar-refractivity contribution < 1.29 is 9.53 Å². The average Bonchev–Trinajstić information content (AvgIpc) is 2.67. The quantitative estimate of drug-likeness (QED) is 0.828. The van der Waals surface area contributed by atoms with E-state index in [0.29, 0.717) is 6.54 Å². The fourth-order valence-electron chi connectivity index (χ4n) is 3.93. The van der Waals surface area contributed by atoms with Crippen LogP contribution in [0.3, 0.4) is 0 Å². The molecule has 2 heterocycles. The van der Waals surface area contributed by atoms with Crippen molar-refractivity contribution in [3.8, 4) is 0 Å². The molecule has 1 aromatic heterocycles. The Balaban J connectivity index is 1.48. The first-order valence-electron chi connectivity index (χ1n) is 9.48. The summed E-state index contributed by atoms with van der Waals surface area (Å²) >= 11 is 0. The Labute approximate surface area is 150 Å². The lowest BCUT2D eigenvalue weighted by atomic mass is 9.73. The molecule has 25 heavy (non-hydrogen) atoms. The standard InChI is InChI=1S/C19H30N4O2/c24-18(21-14-17-6-2-5-9-20-17)22-15-19(7-3-1-4-8-19)16-23-10-12-25-13-11-23/h2,5-6,9H,1,3-4,7-8,10-16H2,(H2,21,22,24). The van der Waals surface area contributed by atoms with Crippen LogP contribution in [0.2, 0.25) is 0 Å². The normalized spacial score (nSPS) is 20.8. The summed E-state index contributed by atoms with van der Waals surface area (Å²) < 4.78 is 5.47. The van der Waals surface area contributed by atoms with Crippen molar-refractivity contribution in [1.82, 2.24) is 20.5 Å². The van der Waals surface area contributed by atoms with Gasteiger partial charge in [-0.05, 0) is 25.0 Å². The largest absolute Gasteiger partial charge is 0.379 e. The van der Waals surface area contributed by atoms with Crippen LogP contribution in [-0.4, -0.2) is 55.3 Å². The Morgan fingerprint density at radius 3 is 2.68 bits per heavy atom. The number of amides is 2. The van der Waals surface area contributed by atoms with Crippen molar-refractivity contribution in [2.24, 2.45) is 5.41 Å². The number of urea groups is 1. The number of carbonyl (C=O) groups is 1. The Morgan fingerprint density at radius 1 is 1.16 bits per heavy atom. The number of nitrogens with zero attached hydrogens (tertiary/aromatic N) is 2. The zero-order valence-electron chi connectivity index (χ0n) is 15.0. The van der Waals surface area contributed by atoms with Crippen molar-refractivity contribution in [1.29, 1.82) is 0 Å². The van der Waals surface area contributed by atoms with E-state index in [4.69, 9.17) is 4.74 Å². The minimum Gasteiger partial charge on any atom is -0.379 e. The molecule has 0 aromatic carbocycles. The van der Waals surface area contributed by atoms with Gasteiger partial charge in [-0.3, -0.25) is 9.88 Å². The topological polar surface area (TPSA) is 66.5 Å². The first-order chi connectivity index (χ1) is 12.3. The Hall–Kier alpha value is -1.66. The number of carbonyl (C=O) groups excluding carboxylic acids is 1. The molecule has 0 spiro atoms. The third-order valence-corrected chi connectivity index (χ3v) is 5.36. The van der Waals surface area contributed by atoms with Gasteiger partial charge in [-0.25, -0.2) is 4.79 Å². The highest BCUT2D eigenvalue weighted by atomic mass is 16.5. The van der Waals surface area contributed by atoms with E-state index in [2.05, 4.69) is 20.5 Å². The van der Waals surface area contributed by atoms with Crippen LogP contribution in [0, 0.1) is 5.41 Å². The van der Waals surface area contributed by atoms with Crippen LogP contribution in [0.5, 0.6) is 0 Å². The monoisotopic (exact) mass is 346 g/mol. The summed E-state index contributed by atoms with van der Waals surface area (Å²) in [6.07, 6.45) is 7.99. The zero-order chi connectivity index (χ0) is 17.4. The lowest BCUT2D eigenvalue weighted by Gasteiger charge is -2.42. The van der Waals surface area contributed by atoms with E-state index in [1.807, 2.05) is 18.2 Å². The van der Waals surface area contributed by atoms with E-state index in [1.165, 1.54) is 32.1 Å². The highest BCUT2D eigenvalue weighted by molar-refractivity contribution is 5.73. The van der Waals surface area contributed by atoms with Crippen LogP contribution in [0.4, 0.5) is 4.79 Å². The molecule has 1 saturated carbocycles. The summed E-state index contributed by atoms with van der Waals surface area (Å²) in [5, 5.41) is 6.03. The van der Waals surface area contributed by atoms with Gasteiger partial charge in [0.25, 0.3) is 0 Å². The molecule has 3 rings (SSSR count). The molecule has 1 saturated heterocycles. The van der Waals surface area contributed by atoms with E-state index in [-0.39, 0.29) is 11.4 Å². The van der Waals surface area contributed by atoms with Crippen molar-refractivity contribution in [3.05, 3.63) is 30.1 Å². The molecule has 0 unspecified atom stereocenters. The molecule has 0 bridgehead atoms. The lowest BCUT2D eigenvalue weighted by Crippen LogP contribution is -2.50. The van der Waals surface area contributed by atoms with Crippen molar-refractivity contribution in [3.63, 3.8) is 0 Å². The van der Waals surface area contributed by atoms with Gasteiger partial charge in [0.05, 0.1) is 25.5 Å². The van der Waals surface area contributed by atoms with Gasteiger partial charge in [0, 0.05) is 37.8 Å². The van der Waals surface area contributed by atoms with E-state index < -0.39 is 0 Å². The van der Waals surface area contributed by atoms with Gasteiger partial charge in [0.15, 0.2) is 0 Å². The lowest BCUT2D eigenvalue weighted by molar-refractivity contribution is 0.00783. The molecule has 2 fully saturated rings. The molecule has 0 radical (unpaired) electrons. The van der Waals surface area contributed by atoms with Gasteiger partial charge in [-0.2, -0.15) is 0 Å². The van der Waals surface area contributed by atoms with E-state index in [0.717, 1.165) is 45.1 Å². The van der Waals surface area contributed by atoms with Gasteiger partial charge in [0.2, 0.25) is 0 Å². The second-order valence-electron chi connectivity index (χ2n) is 7.31. The smallest absolute Gasteiger partial charge is 0.315 e. The van der Waals surface area contributed by atoms with Gasteiger partial charge in [-0.1, -0.05) is 25.3 Å². The SMILES string of the molecule is O=C(NCc1ccccn1)NCC1(CN2CCOCC2)CCCCC1. The summed E-state index contributed by atoms with van der Waals surface area (Å²) in [5.74, 6) is 0. The number of ether oxygens (including phenoxy) is 1. The van der Waals surface area contributed by atoms with E-state index in [9.17, 15) is 4.79 Å². The first kappa shape index (κ1) is 18.1. The summed E-state index contributed by atoms with van der Waals surface area (Å²) in [7, 11) is 0. The van der Waals surface area contributed by atoms with Gasteiger partial charge < -0.3 is 15.4 Å². The Bertz CT molecular complexity index is 525. The maximum atomic E-state index is 12.2. The number of hydrogen-bond acceptors (Lipinski definition) is 4. The highest BCUT2D eigenvalue weighted by Crippen LogP contribution is 2.36. The third kappa shape index (κ3) is 5.68. The minimum absolute atomic E-state index is 0.0995. The molecule has 6 heteroatoms. The minimum atomic E-state index is -0.0995. The summed E-state index contributed by atoms with van der Waals surface area (Å²) in [4.78, 5) is 18.9. The van der Waals surface area contributed by atoms with E-state index in [1.54, 1.807) is 6.20 Å². The second-order valence-corrected chi connectivity index (χ2v) is 7.31. The predicted octanol–water partition coefficient (Wildman–Crippen LogP) is 2.16. The number of hydrogen-bond donors (Lipinski definition) is 2. The van der Waals surface area contributed by atoms with Crippen molar-refractivity contribution in [2.45, 2.75) is 38.6 Å². The molecule has 2 N–H and O–H groups in total. The predicted molar refractivity (Wildman–Crippen MR) is 97.3 cm³/mol. The van der Waals surface area contributed by atoms with Gasteiger partial charge in [0.1, 0.15) is 0 Å². The first-order valence-corrected chi connectivity index (χ1v) is 9.48. The molecule has 1 aliphatic carbocycles. The zero-order valence-corrected chi connectivity index (χ0v) is 15.0. The number of rotatable bonds is 6. The molecule has 2 amide bonds. The van der Waals surface area contributed by atoms with Crippen LogP contribution in [0.25, 0.3) is 0 Å². The van der Waals surface area contributed by atoms with E-state index >= 15 is 0 Å². The number of pyridine rings is 1. The number of aromatic nitrogens is 1. The average molecular weight is 346 g/mol. The summed E-state index contributed by atoms with van der Waals surface area (Å²) in [6.45, 7) is 5.95. The summed E-state index contributed by atoms with van der Waals surface area (Å²) in [6, 6.07) is 5.63. The van der Waals surface area contributed by atoms with Crippen molar-refractivity contribution in [2.75, 3.05) is 39.4 Å². The number of morpholine rings is 1. The molecule has 2 aliphatic rings. The third-order valence-electron chi connectivity index (χ3n) is 5.36. The molecular formula is C19H30N4O2. The Kier molecular flexibility index (Phi) is 6.64. The van der Waals surface area contributed by atoms with Gasteiger partial charge >= 0.3 is 6.03 Å². The van der Waals surface area contributed by atoms with Crippen LogP contribution in [0.1, 0.15) is 37.8 Å². The van der Waals surface area contributed by atoms with Crippen molar-refractivity contribution >= 4 is 6.03 Å². The number of nitrogens with one attached hydrogen (secondary N) is 2. The fourth-order valence-corrected chi connectivity index (χ4v) is 3.93. The maximum absolute atomic E-state index is 12.2. The van der Waals surface area contributed by atoms with Crippen LogP contribution in [0.15, 0.2) is 24.4 Å². The summed E-state index contributed by atoms with van der Waals surface area (Å²) in [5.41, 5.74) is 1.08.